The van der Waals surface area contributed by atoms with Gasteiger partial charge in [-0.2, -0.15) is 4.98 Å². The fourth-order valence-electron chi connectivity index (χ4n) is 2.91. The van der Waals surface area contributed by atoms with E-state index in [-0.39, 0.29) is 18.6 Å². The van der Waals surface area contributed by atoms with Crippen LogP contribution in [0.3, 0.4) is 0 Å². The Bertz CT molecular complexity index is 759. The van der Waals surface area contributed by atoms with Crippen molar-refractivity contribution in [3.63, 3.8) is 0 Å². The van der Waals surface area contributed by atoms with Gasteiger partial charge in [-0.05, 0) is 45.0 Å². The molecule has 1 fully saturated rings. The number of ether oxygens (including phenoxy) is 1. The SMILES string of the molecule is Cc1ccc(C)c(OCC(=O)N2CCN(C)[C@H](c3nc(C)no3)C2)c1. The number of carbonyl (C=O) groups is 1. The number of nitrogens with zero attached hydrogens (tertiary/aromatic N) is 4. The van der Waals surface area contributed by atoms with Gasteiger partial charge in [-0.3, -0.25) is 9.69 Å². The zero-order chi connectivity index (χ0) is 18.0. The Hall–Kier alpha value is -2.41. The predicted molar refractivity (Wildman–Crippen MR) is 92.4 cm³/mol. The van der Waals surface area contributed by atoms with Crippen LogP contribution in [0.25, 0.3) is 0 Å². The summed E-state index contributed by atoms with van der Waals surface area (Å²) in [6.45, 7) is 7.73. The maximum absolute atomic E-state index is 12.6. The molecule has 7 heteroatoms. The second-order valence-corrected chi connectivity index (χ2v) is 6.57. The minimum atomic E-state index is -0.0837. The highest BCUT2D eigenvalue weighted by atomic mass is 16.5. The monoisotopic (exact) mass is 344 g/mol. The molecule has 0 radical (unpaired) electrons. The zero-order valence-electron chi connectivity index (χ0n) is 15.2. The van der Waals surface area contributed by atoms with Crippen LogP contribution in [-0.2, 0) is 4.79 Å². The molecule has 25 heavy (non-hydrogen) atoms. The Kier molecular flexibility index (Phi) is 5.03. The number of hydrogen-bond donors (Lipinski definition) is 0. The third-order valence-corrected chi connectivity index (χ3v) is 4.52. The number of hydrogen-bond acceptors (Lipinski definition) is 6. The lowest BCUT2D eigenvalue weighted by atomic mass is 10.1. The van der Waals surface area contributed by atoms with Crippen molar-refractivity contribution in [2.75, 3.05) is 33.3 Å². The molecule has 1 aliphatic heterocycles. The first-order valence-electron chi connectivity index (χ1n) is 8.42. The molecule has 1 aliphatic rings. The lowest BCUT2D eigenvalue weighted by Crippen LogP contribution is -2.50. The van der Waals surface area contributed by atoms with E-state index in [2.05, 4.69) is 15.0 Å². The third kappa shape index (κ3) is 3.99. The number of rotatable bonds is 4. The molecular formula is C18H24N4O3. The van der Waals surface area contributed by atoms with Crippen LogP contribution in [0.15, 0.2) is 22.7 Å². The molecule has 0 N–H and O–H groups in total. The van der Waals surface area contributed by atoms with Crippen LogP contribution < -0.4 is 4.74 Å². The summed E-state index contributed by atoms with van der Waals surface area (Å²) in [7, 11) is 2.00. The van der Waals surface area contributed by atoms with Gasteiger partial charge in [-0.25, -0.2) is 0 Å². The van der Waals surface area contributed by atoms with Gasteiger partial charge in [0.2, 0.25) is 5.89 Å². The van der Waals surface area contributed by atoms with E-state index >= 15 is 0 Å². The van der Waals surface area contributed by atoms with Gasteiger partial charge in [0.1, 0.15) is 11.8 Å². The third-order valence-electron chi connectivity index (χ3n) is 4.52. The molecule has 1 atom stereocenters. The zero-order valence-corrected chi connectivity index (χ0v) is 15.2. The Morgan fingerprint density at radius 1 is 1.32 bits per heavy atom. The molecule has 1 aromatic carbocycles. The summed E-state index contributed by atoms with van der Waals surface area (Å²) in [6, 6.07) is 5.90. The van der Waals surface area contributed by atoms with Gasteiger partial charge in [0.25, 0.3) is 5.91 Å². The number of aromatic nitrogens is 2. The standard InChI is InChI=1S/C18H24N4O3/c1-12-5-6-13(2)16(9-12)24-11-17(23)22-8-7-21(4)15(10-22)18-19-14(3)20-25-18/h5-6,9,15H,7-8,10-11H2,1-4H3/t15-/m0/s1. The van der Waals surface area contributed by atoms with E-state index in [0.717, 1.165) is 23.4 Å². The van der Waals surface area contributed by atoms with E-state index in [4.69, 9.17) is 9.26 Å². The van der Waals surface area contributed by atoms with Gasteiger partial charge in [-0.15, -0.1) is 0 Å². The normalized spacial score (nSPS) is 18.4. The van der Waals surface area contributed by atoms with Gasteiger partial charge in [-0.1, -0.05) is 17.3 Å². The van der Waals surface area contributed by atoms with E-state index in [9.17, 15) is 4.79 Å². The molecule has 1 aromatic heterocycles. The minimum absolute atomic E-state index is 0.0313. The predicted octanol–water partition coefficient (Wildman–Crippen LogP) is 1.89. The number of piperazine rings is 1. The average Bonchev–Trinajstić information content (AvgIpc) is 3.02. The van der Waals surface area contributed by atoms with Gasteiger partial charge >= 0.3 is 0 Å². The van der Waals surface area contributed by atoms with E-state index in [1.165, 1.54) is 0 Å². The van der Waals surface area contributed by atoms with Crippen molar-refractivity contribution in [2.45, 2.75) is 26.8 Å². The highest BCUT2D eigenvalue weighted by Gasteiger charge is 2.32. The summed E-state index contributed by atoms with van der Waals surface area (Å²) in [5, 5.41) is 3.85. The first kappa shape index (κ1) is 17.4. The molecule has 0 aliphatic carbocycles. The van der Waals surface area contributed by atoms with Crippen molar-refractivity contribution < 1.29 is 14.1 Å². The Labute approximate surface area is 147 Å². The van der Waals surface area contributed by atoms with Crippen LogP contribution in [0.5, 0.6) is 5.75 Å². The molecule has 3 rings (SSSR count). The Morgan fingerprint density at radius 2 is 2.12 bits per heavy atom. The maximum Gasteiger partial charge on any atom is 0.260 e. The lowest BCUT2D eigenvalue weighted by molar-refractivity contribution is -0.136. The summed E-state index contributed by atoms with van der Waals surface area (Å²) >= 11 is 0. The molecule has 0 bridgehead atoms. The van der Waals surface area contributed by atoms with Crippen LogP contribution in [0.2, 0.25) is 0 Å². The molecule has 0 unspecified atom stereocenters. The van der Waals surface area contributed by atoms with Crippen molar-refractivity contribution >= 4 is 5.91 Å². The summed E-state index contributed by atoms with van der Waals surface area (Å²) in [6.07, 6.45) is 0. The van der Waals surface area contributed by atoms with Crippen LogP contribution >= 0.6 is 0 Å². The van der Waals surface area contributed by atoms with Crippen molar-refractivity contribution in [1.29, 1.82) is 0 Å². The van der Waals surface area contributed by atoms with Crippen molar-refractivity contribution in [1.82, 2.24) is 19.9 Å². The number of likely N-dealkylation sites (N-methyl/N-ethyl adjacent to an activating group) is 1. The van der Waals surface area contributed by atoms with Crippen LogP contribution in [0.4, 0.5) is 0 Å². The molecule has 2 heterocycles. The highest BCUT2D eigenvalue weighted by molar-refractivity contribution is 5.78. The summed E-state index contributed by atoms with van der Waals surface area (Å²) in [5.74, 6) is 1.87. The second-order valence-electron chi connectivity index (χ2n) is 6.57. The highest BCUT2D eigenvalue weighted by Crippen LogP contribution is 2.23. The van der Waals surface area contributed by atoms with Gasteiger partial charge in [0.15, 0.2) is 12.4 Å². The number of carbonyl (C=O) groups excluding carboxylic acids is 1. The molecule has 0 saturated carbocycles. The fraction of sp³-hybridized carbons (Fsp3) is 0.500. The topological polar surface area (TPSA) is 71.7 Å². The molecule has 1 saturated heterocycles. The molecule has 2 aromatic rings. The smallest absolute Gasteiger partial charge is 0.260 e. The van der Waals surface area contributed by atoms with E-state index in [1.54, 1.807) is 11.8 Å². The van der Waals surface area contributed by atoms with Crippen molar-refractivity contribution in [3.05, 3.63) is 41.0 Å². The number of amides is 1. The largest absolute Gasteiger partial charge is 0.483 e. The number of aryl methyl sites for hydroxylation is 3. The van der Waals surface area contributed by atoms with Crippen LogP contribution in [0, 0.1) is 20.8 Å². The first-order valence-corrected chi connectivity index (χ1v) is 8.42. The van der Waals surface area contributed by atoms with Crippen molar-refractivity contribution in [3.8, 4) is 5.75 Å². The Balaban J connectivity index is 1.63. The quantitative estimate of drug-likeness (QED) is 0.843. The Morgan fingerprint density at radius 3 is 2.84 bits per heavy atom. The van der Waals surface area contributed by atoms with Crippen molar-refractivity contribution in [2.24, 2.45) is 0 Å². The van der Waals surface area contributed by atoms with Gasteiger partial charge in [0.05, 0.1) is 0 Å². The lowest BCUT2D eigenvalue weighted by Gasteiger charge is -2.37. The fourth-order valence-corrected chi connectivity index (χ4v) is 2.91. The first-order chi connectivity index (χ1) is 11.9. The molecular weight excluding hydrogens is 320 g/mol. The number of benzene rings is 1. The molecule has 0 spiro atoms. The summed E-state index contributed by atoms with van der Waals surface area (Å²) < 4.78 is 11.0. The maximum atomic E-state index is 12.6. The molecule has 1 amide bonds. The summed E-state index contributed by atoms with van der Waals surface area (Å²) in [5.41, 5.74) is 2.13. The second kappa shape index (κ2) is 7.23. The van der Waals surface area contributed by atoms with Gasteiger partial charge in [0, 0.05) is 19.6 Å². The minimum Gasteiger partial charge on any atom is -0.483 e. The van der Waals surface area contributed by atoms with E-state index in [1.807, 2.05) is 39.1 Å². The van der Waals surface area contributed by atoms with Crippen LogP contribution in [0.1, 0.15) is 28.9 Å². The van der Waals surface area contributed by atoms with E-state index < -0.39 is 0 Å². The van der Waals surface area contributed by atoms with Crippen LogP contribution in [-0.4, -0.2) is 59.1 Å². The van der Waals surface area contributed by atoms with E-state index in [0.29, 0.717) is 24.8 Å². The van der Waals surface area contributed by atoms with Gasteiger partial charge < -0.3 is 14.2 Å². The molecule has 134 valence electrons. The average molecular weight is 344 g/mol. The molecule has 7 nitrogen and oxygen atoms in total. The summed E-state index contributed by atoms with van der Waals surface area (Å²) in [4.78, 5) is 20.8.